The van der Waals surface area contributed by atoms with Gasteiger partial charge in [-0.15, -0.1) is 0 Å². The molecule has 0 aliphatic heterocycles. The third-order valence-electron chi connectivity index (χ3n) is 2.92. The molecule has 3 heteroatoms. The average molecular weight is 236 g/mol. The Balaban J connectivity index is 2.74. The maximum absolute atomic E-state index is 8.93. The van der Waals surface area contributed by atoms with Crippen LogP contribution in [0.1, 0.15) is 26.3 Å². The molecular weight excluding hydrogens is 212 g/mol. The zero-order valence-corrected chi connectivity index (χ0v) is 11.3. The molecule has 17 heavy (non-hydrogen) atoms. The minimum atomic E-state index is -0.192. The highest BCUT2D eigenvalue weighted by Crippen LogP contribution is 2.24. The second-order valence-electron chi connectivity index (χ2n) is 5.62. The van der Waals surface area contributed by atoms with Crippen molar-refractivity contribution < 1.29 is 5.11 Å². The normalized spacial score (nSPS) is 13.5. The molecular formula is C14H24N2O. The molecule has 0 aromatic heterocycles. The number of nitrogens with two attached hydrogens (primary N) is 1. The van der Waals surface area contributed by atoms with Gasteiger partial charge in [-0.1, -0.05) is 32.9 Å². The van der Waals surface area contributed by atoms with Crippen LogP contribution in [0.2, 0.25) is 0 Å². The van der Waals surface area contributed by atoms with Gasteiger partial charge in [0.1, 0.15) is 0 Å². The Bertz CT molecular complexity index is 340. The fourth-order valence-corrected chi connectivity index (χ4v) is 1.73. The summed E-state index contributed by atoms with van der Waals surface area (Å²) in [6, 6.07) is 8.31. The van der Waals surface area contributed by atoms with Gasteiger partial charge < -0.3 is 15.7 Å². The Morgan fingerprint density at radius 2 is 1.76 bits per heavy atom. The van der Waals surface area contributed by atoms with E-state index in [2.05, 4.69) is 49.9 Å². The smallest absolute Gasteiger partial charge is 0.0599 e. The van der Waals surface area contributed by atoms with Crippen LogP contribution in [-0.2, 0) is 5.41 Å². The molecule has 1 unspecified atom stereocenters. The molecule has 96 valence electrons. The zero-order chi connectivity index (χ0) is 13.1. The quantitative estimate of drug-likeness (QED) is 0.837. The lowest BCUT2D eigenvalue weighted by molar-refractivity contribution is 0.267. The van der Waals surface area contributed by atoms with Crippen molar-refractivity contribution >= 4 is 5.69 Å². The molecule has 3 nitrogen and oxygen atoms in total. The molecule has 0 aliphatic carbocycles. The third-order valence-corrected chi connectivity index (χ3v) is 2.92. The molecule has 1 rings (SSSR count). The monoisotopic (exact) mass is 236 g/mol. The molecule has 3 N–H and O–H groups in total. The minimum absolute atomic E-state index is 0.0183. The van der Waals surface area contributed by atoms with Crippen molar-refractivity contribution in [3.8, 4) is 0 Å². The summed E-state index contributed by atoms with van der Waals surface area (Å²) in [6.07, 6.45) is 0. The number of anilines is 1. The Morgan fingerprint density at radius 3 is 2.18 bits per heavy atom. The minimum Gasteiger partial charge on any atom is -0.395 e. The van der Waals surface area contributed by atoms with Crippen LogP contribution in [0.4, 0.5) is 5.69 Å². The van der Waals surface area contributed by atoms with Gasteiger partial charge >= 0.3 is 0 Å². The van der Waals surface area contributed by atoms with E-state index in [-0.39, 0.29) is 18.1 Å². The lowest BCUT2D eigenvalue weighted by atomic mass is 9.87. The predicted octanol–water partition coefficient (Wildman–Crippen LogP) is 1.74. The van der Waals surface area contributed by atoms with Crippen LogP contribution in [0.5, 0.6) is 0 Å². The predicted molar refractivity (Wildman–Crippen MR) is 73.5 cm³/mol. The molecule has 0 heterocycles. The summed E-state index contributed by atoms with van der Waals surface area (Å²) in [6.45, 7) is 7.28. The van der Waals surface area contributed by atoms with Crippen LogP contribution < -0.4 is 10.6 Å². The second-order valence-corrected chi connectivity index (χ2v) is 5.62. The maximum Gasteiger partial charge on any atom is 0.0599 e. The first-order valence-corrected chi connectivity index (χ1v) is 6.02. The maximum atomic E-state index is 8.93. The second kappa shape index (κ2) is 5.52. The molecule has 0 saturated heterocycles. The molecule has 1 atom stereocenters. The standard InChI is InChI=1S/C14H24N2O/c1-14(2,3)11-5-7-13(8-6-11)16(4)9-12(15)10-17/h5-8,12,17H,9-10,15H2,1-4H3. The van der Waals surface area contributed by atoms with Crippen molar-refractivity contribution in [2.75, 3.05) is 25.1 Å². The Labute approximate surface area is 104 Å². The van der Waals surface area contributed by atoms with Crippen molar-refractivity contribution in [1.82, 2.24) is 0 Å². The highest BCUT2D eigenvalue weighted by atomic mass is 16.3. The number of rotatable bonds is 4. The van der Waals surface area contributed by atoms with Gasteiger partial charge in [0.15, 0.2) is 0 Å². The third kappa shape index (κ3) is 4.02. The molecule has 0 amide bonds. The fraction of sp³-hybridized carbons (Fsp3) is 0.571. The highest BCUT2D eigenvalue weighted by Gasteiger charge is 2.13. The summed E-state index contributed by atoms with van der Waals surface area (Å²) < 4.78 is 0. The highest BCUT2D eigenvalue weighted by molar-refractivity contribution is 5.48. The van der Waals surface area contributed by atoms with E-state index in [4.69, 9.17) is 10.8 Å². The lowest BCUT2D eigenvalue weighted by Gasteiger charge is -2.24. The zero-order valence-electron chi connectivity index (χ0n) is 11.3. The van der Waals surface area contributed by atoms with Gasteiger partial charge in [0, 0.05) is 25.3 Å². The van der Waals surface area contributed by atoms with Crippen LogP contribution in [0.3, 0.4) is 0 Å². The molecule has 0 bridgehead atoms. The first-order chi connectivity index (χ1) is 7.84. The van der Waals surface area contributed by atoms with E-state index in [9.17, 15) is 0 Å². The number of hydrogen-bond acceptors (Lipinski definition) is 3. The summed E-state index contributed by atoms with van der Waals surface area (Å²) >= 11 is 0. The fourth-order valence-electron chi connectivity index (χ4n) is 1.73. The van der Waals surface area contributed by atoms with Crippen molar-refractivity contribution in [2.24, 2.45) is 5.73 Å². The lowest BCUT2D eigenvalue weighted by Crippen LogP contribution is -2.37. The van der Waals surface area contributed by atoms with Crippen LogP contribution >= 0.6 is 0 Å². The Kier molecular flexibility index (Phi) is 4.54. The molecule has 1 aromatic rings. The van der Waals surface area contributed by atoms with E-state index in [1.54, 1.807) is 0 Å². The summed E-state index contributed by atoms with van der Waals surface area (Å²) in [5, 5.41) is 8.93. The Hall–Kier alpha value is -1.06. The van der Waals surface area contributed by atoms with Gasteiger partial charge in [-0.25, -0.2) is 0 Å². The number of benzene rings is 1. The summed E-state index contributed by atoms with van der Waals surface area (Å²) in [5.41, 5.74) is 8.35. The van der Waals surface area contributed by atoms with Gasteiger partial charge in [0.2, 0.25) is 0 Å². The molecule has 0 aliphatic rings. The number of likely N-dealkylation sites (N-methyl/N-ethyl adjacent to an activating group) is 1. The van der Waals surface area contributed by atoms with Gasteiger partial charge in [-0.3, -0.25) is 0 Å². The van der Waals surface area contributed by atoms with Gasteiger partial charge in [0.05, 0.1) is 6.61 Å². The van der Waals surface area contributed by atoms with Gasteiger partial charge in [-0.05, 0) is 23.1 Å². The van der Waals surface area contributed by atoms with E-state index in [1.807, 2.05) is 7.05 Å². The first kappa shape index (κ1) is 14.0. The topological polar surface area (TPSA) is 49.5 Å². The molecule has 0 saturated carbocycles. The van der Waals surface area contributed by atoms with Gasteiger partial charge in [-0.2, -0.15) is 0 Å². The van der Waals surface area contributed by atoms with Crippen LogP contribution in [0.15, 0.2) is 24.3 Å². The Morgan fingerprint density at radius 1 is 1.24 bits per heavy atom. The van der Waals surface area contributed by atoms with E-state index < -0.39 is 0 Å². The summed E-state index contributed by atoms with van der Waals surface area (Å²) in [5.74, 6) is 0. The van der Waals surface area contributed by atoms with Crippen molar-refractivity contribution in [3.05, 3.63) is 29.8 Å². The van der Waals surface area contributed by atoms with Crippen molar-refractivity contribution in [1.29, 1.82) is 0 Å². The van der Waals surface area contributed by atoms with E-state index in [1.165, 1.54) is 5.56 Å². The molecule has 0 spiro atoms. The van der Waals surface area contributed by atoms with E-state index >= 15 is 0 Å². The molecule has 0 radical (unpaired) electrons. The number of aliphatic hydroxyl groups excluding tert-OH is 1. The summed E-state index contributed by atoms with van der Waals surface area (Å²) in [7, 11) is 1.99. The molecule has 0 fully saturated rings. The van der Waals surface area contributed by atoms with Crippen molar-refractivity contribution in [2.45, 2.75) is 32.2 Å². The number of hydrogen-bond donors (Lipinski definition) is 2. The average Bonchev–Trinajstić information content (AvgIpc) is 2.27. The number of nitrogens with zero attached hydrogens (tertiary/aromatic N) is 1. The van der Waals surface area contributed by atoms with Crippen LogP contribution in [0, 0.1) is 0 Å². The van der Waals surface area contributed by atoms with Crippen LogP contribution in [0.25, 0.3) is 0 Å². The molecule has 1 aromatic carbocycles. The van der Waals surface area contributed by atoms with Crippen molar-refractivity contribution in [3.63, 3.8) is 0 Å². The number of aliphatic hydroxyl groups is 1. The summed E-state index contributed by atoms with van der Waals surface area (Å²) in [4.78, 5) is 2.06. The van der Waals surface area contributed by atoms with E-state index in [0.29, 0.717) is 6.54 Å². The van der Waals surface area contributed by atoms with E-state index in [0.717, 1.165) is 5.69 Å². The van der Waals surface area contributed by atoms with Gasteiger partial charge in [0.25, 0.3) is 0 Å². The SMILES string of the molecule is CN(CC(N)CO)c1ccc(C(C)(C)C)cc1. The first-order valence-electron chi connectivity index (χ1n) is 6.02. The van der Waals surface area contributed by atoms with Crippen LogP contribution in [-0.4, -0.2) is 31.3 Å². The largest absolute Gasteiger partial charge is 0.395 e.